The molecule has 0 aliphatic heterocycles. The molecule has 0 saturated carbocycles. The minimum absolute atomic E-state index is 0.0279. The molecule has 0 aromatic carbocycles. The predicted molar refractivity (Wildman–Crippen MR) is 64.1 cm³/mol. The number of hydrogen-bond acceptors (Lipinski definition) is 6. The van der Waals surface area contributed by atoms with E-state index in [0.717, 1.165) is 11.5 Å². The highest BCUT2D eigenvalue weighted by Crippen LogP contribution is 2.19. The first-order valence-corrected chi connectivity index (χ1v) is 5.61. The number of hydrogen-bond donors (Lipinski definition) is 1. The number of nitrogens with zero attached hydrogens (tertiary/aromatic N) is 5. The second-order valence-corrected chi connectivity index (χ2v) is 4.06. The van der Waals surface area contributed by atoms with Crippen molar-refractivity contribution >= 4 is 11.5 Å². The first-order chi connectivity index (χ1) is 8.72. The lowest BCUT2D eigenvalue weighted by atomic mass is 10.2. The van der Waals surface area contributed by atoms with E-state index >= 15 is 0 Å². The number of anilines is 1. The summed E-state index contributed by atoms with van der Waals surface area (Å²) >= 11 is 0. The number of aromatic nitrogens is 5. The maximum Gasteiger partial charge on any atom is 0.200 e. The Kier molecular flexibility index (Phi) is 2.44. The SMILES string of the molecule is Cc1ccc(C(C)Nc2ccc3nnnn3n2)o1. The molecule has 0 fully saturated rings. The van der Waals surface area contributed by atoms with Gasteiger partial charge >= 0.3 is 0 Å². The van der Waals surface area contributed by atoms with Gasteiger partial charge in [0.05, 0.1) is 6.04 Å². The quantitative estimate of drug-likeness (QED) is 0.753. The molecule has 18 heavy (non-hydrogen) atoms. The molecular weight excluding hydrogens is 232 g/mol. The molecule has 3 aromatic rings. The molecule has 0 aliphatic carbocycles. The van der Waals surface area contributed by atoms with Gasteiger partial charge in [-0.2, -0.15) is 0 Å². The average Bonchev–Trinajstić information content (AvgIpc) is 2.96. The van der Waals surface area contributed by atoms with E-state index in [1.807, 2.05) is 32.0 Å². The van der Waals surface area contributed by atoms with Crippen molar-refractivity contribution in [3.8, 4) is 0 Å². The van der Waals surface area contributed by atoms with Crippen molar-refractivity contribution in [2.75, 3.05) is 5.32 Å². The largest absolute Gasteiger partial charge is 0.464 e. The molecular formula is C11H12N6O. The van der Waals surface area contributed by atoms with Gasteiger partial charge in [0.2, 0.25) is 0 Å². The highest BCUT2D eigenvalue weighted by Gasteiger charge is 2.10. The Morgan fingerprint density at radius 1 is 1.28 bits per heavy atom. The number of aryl methyl sites for hydroxylation is 1. The van der Waals surface area contributed by atoms with Crippen molar-refractivity contribution in [2.45, 2.75) is 19.9 Å². The molecule has 0 aliphatic rings. The van der Waals surface area contributed by atoms with Gasteiger partial charge in [0.25, 0.3) is 0 Å². The van der Waals surface area contributed by atoms with Gasteiger partial charge in [0.1, 0.15) is 17.3 Å². The van der Waals surface area contributed by atoms with Gasteiger partial charge in [0, 0.05) is 0 Å². The maximum absolute atomic E-state index is 5.55. The van der Waals surface area contributed by atoms with Crippen molar-refractivity contribution in [3.63, 3.8) is 0 Å². The van der Waals surface area contributed by atoms with Crippen molar-refractivity contribution in [1.29, 1.82) is 0 Å². The van der Waals surface area contributed by atoms with E-state index in [4.69, 9.17) is 4.42 Å². The summed E-state index contributed by atoms with van der Waals surface area (Å²) in [6.07, 6.45) is 0. The minimum Gasteiger partial charge on any atom is -0.464 e. The van der Waals surface area contributed by atoms with Gasteiger partial charge in [0.15, 0.2) is 5.65 Å². The van der Waals surface area contributed by atoms with Crippen LogP contribution in [-0.4, -0.2) is 25.3 Å². The second kappa shape index (κ2) is 4.10. The fraction of sp³-hybridized carbons (Fsp3) is 0.273. The Labute approximate surface area is 103 Å². The van der Waals surface area contributed by atoms with Crippen molar-refractivity contribution in [1.82, 2.24) is 25.3 Å². The van der Waals surface area contributed by atoms with Gasteiger partial charge in [-0.1, -0.05) is 0 Å². The monoisotopic (exact) mass is 244 g/mol. The second-order valence-electron chi connectivity index (χ2n) is 4.06. The molecule has 1 atom stereocenters. The van der Waals surface area contributed by atoms with Gasteiger partial charge < -0.3 is 9.73 Å². The van der Waals surface area contributed by atoms with Crippen molar-refractivity contribution in [2.24, 2.45) is 0 Å². The summed E-state index contributed by atoms with van der Waals surface area (Å²) in [6.45, 7) is 3.92. The summed E-state index contributed by atoms with van der Waals surface area (Å²) in [7, 11) is 0. The van der Waals surface area contributed by atoms with Gasteiger partial charge in [-0.05, 0) is 48.5 Å². The molecule has 1 unspecified atom stereocenters. The third-order valence-corrected chi connectivity index (χ3v) is 2.62. The van der Waals surface area contributed by atoms with Crippen LogP contribution >= 0.6 is 0 Å². The van der Waals surface area contributed by atoms with E-state index in [-0.39, 0.29) is 6.04 Å². The molecule has 3 heterocycles. The molecule has 0 amide bonds. The van der Waals surface area contributed by atoms with E-state index in [2.05, 4.69) is 25.9 Å². The zero-order valence-corrected chi connectivity index (χ0v) is 10.0. The third-order valence-electron chi connectivity index (χ3n) is 2.62. The normalized spacial score (nSPS) is 12.8. The Morgan fingerprint density at radius 2 is 2.17 bits per heavy atom. The highest BCUT2D eigenvalue weighted by atomic mass is 16.3. The first kappa shape index (κ1) is 10.7. The summed E-state index contributed by atoms with van der Waals surface area (Å²) < 4.78 is 6.93. The van der Waals surface area contributed by atoms with Crippen LogP contribution in [0.3, 0.4) is 0 Å². The van der Waals surface area contributed by atoms with Crippen LogP contribution in [0.1, 0.15) is 24.5 Å². The van der Waals surface area contributed by atoms with E-state index < -0.39 is 0 Å². The number of furan rings is 1. The van der Waals surface area contributed by atoms with Crippen LogP contribution in [0.5, 0.6) is 0 Å². The maximum atomic E-state index is 5.55. The minimum atomic E-state index is 0.0279. The first-order valence-electron chi connectivity index (χ1n) is 5.61. The molecule has 0 bridgehead atoms. The average molecular weight is 244 g/mol. The molecule has 3 aromatic heterocycles. The molecule has 0 spiro atoms. The summed E-state index contributed by atoms with van der Waals surface area (Å²) in [6, 6.07) is 7.54. The molecule has 0 saturated heterocycles. The molecule has 7 heteroatoms. The fourth-order valence-corrected chi connectivity index (χ4v) is 1.71. The lowest BCUT2D eigenvalue weighted by Crippen LogP contribution is -2.09. The van der Waals surface area contributed by atoms with Crippen LogP contribution in [0.4, 0.5) is 5.82 Å². The van der Waals surface area contributed by atoms with Gasteiger partial charge in [-0.15, -0.1) is 14.8 Å². The molecule has 7 nitrogen and oxygen atoms in total. The van der Waals surface area contributed by atoms with Crippen LogP contribution in [0.25, 0.3) is 5.65 Å². The van der Waals surface area contributed by atoms with E-state index in [0.29, 0.717) is 11.5 Å². The molecule has 0 radical (unpaired) electrons. The number of rotatable bonds is 3. The summed E-state index contributed by atoms with van der Waals surface area (Å²) in [5.41, 5.74) is 0.613. The standard InChI is InChI=1S/C11H12N6O/c1-7-3-4-9(18-7)8(2)12-10-5-6-11-13-15-16-17(11)14-10/h3-6,8H,1-2H3,(H,12,14). The Morgan fingerprint density at radius 3 is 2.94 bits per heavy atom. The summed E-state index contributed by atoms with van der Waals surface area (Å²) in [4.78, 5) is 0. The highest BCUT2D eigenvalue weighted by molar-refractivity contribution is 5.43. The summed E-state index contributed by atoms with van der Waals surface area (Å²) in [5, 5.41) is 18.5. The summed E-state index contributed by atoms with van der Waals surface area (Å²) in [5.74, 6) is 2.45. The lowest BCUT2D eigenvalue weighted by Gasteiger charge is -2.11. The van der Waals surface area contributed by atoms with Gasteiger partial charge in [-0.3, -0.25) is 0 Å². The van der Waals surface area contributed by atoms with E-state index in [1.165, 1.54) is 4.63 Å². The zero-order chi connectivity index (χ0) is 12.5. The number of tetrazole rings is 1. The van der Waals surface area contributed by atoms with E-state index in [9.17, 15) is 0 Å². The smallest absolute Gasteiger partial charge is 0.200 e. The van der Waals surface area contributed by atoms with Crippen LogP contribution in [0.15, 0.2) is 28.7 Å². The topological polar surface area (TPSA) is 81.1 Å². The van der Waals surface area contributed by atoms with Gasteiger partial charge in [-0.25, -0.2) is 0 Å². The van der Waals surface area contributed by atoms with E-state index in [1.54, 1.807) is 6.07 Å². The lowest BCUT2D eigenvalue weighted by molar-refractivity contribution is 0.466. The zero-order valence-electron chi connectivity index (χ0n) is 10.0. The molecule has 1 N–H and O–H groups in total. The Bertz CT molecular complexity index is 673. The number of nitrogens with one attached hydrogen (secondary N) is 1. The Hall–Kier alpha value is -2.44. The van der Waals surface area contributed by atoms with Crippen LogP contribution in [0, 0.1) is 6.92 Å². The van der Waals surface area contributed by atoms with Crippen molar-refractivity contribution in [3.05, 3.63) is 35.8 Å². The van der Waals surface area contributed by atoms with Crippen molar-refractivity contribution < 1.29 is 4.42 Å². The fourth-order valence-electron chi connectivity index (χ4n) is 1.71. The molecule has 3 rings (SSSR count). The van der Waals surface area contributed by atoms with Crippen LogP contribution < -0.4 is 5.32 Å². The van der Waals surface area contributed by atoms with Crippen LogP contribution in [-0.2, 0) is 0 Å². The van der Waals surface area contributed by atoms with Crippen LogP contribution in [0.2, 0.25) is 0 Å². The third kappa shape index (κ3) is 1.90. The number of fused-ring (bicyclic) bond motifs is 1. The molecule has 92 valence electrons. The Balaban J connectivity index is 1.83. The predicted octanol–water partition coefficient (Wildman–Crippen LogP) is 1.59.